The molecule has 2 aromatic heterocycles. The monoisotopic (exact) mass is 470 g/mol. The first-order valence-corrected chi connectivity index (χ1v) is 11.6. The van der Waals surface area contributed by atoms with E-state index in [4.69, 9.17) is 5.14 Å². The Bertz CT molecular complexity index is 1240. The Hall–Kier alpha value is -2.70. The number of alkyl halides is 3. The quantitative estimate of drug-likeness (QED) is 0.576. The average Bonchev–Trinajstić information content (AvgIpc) is 3.24. The summed E-state index contributed by atoms with van der Waals surface area (Å²) in [6.07, 6.45) is -1.52. The van der Waals surface area contributed by atoms with Gasteiger partial charge < -0.3 is 5.32 Å². The highest BCUT2D eigenvalue weighted by Crippen LogP contribution is 2.43. The number of sulfonamides is 1. The van der Waals surface area contributed by atoms with Gasteiger partial charge in [-0.25, -0.2) is 18.2 Å². The van der Waals surface area contributed by atoms with Crippen molar-refractivity contribution in [2.24, 2.45) is 5.14 Å². The van der Waals surface area contributed by atoms with Crippen molar-refractivity contribution in [3.63, 3.8) is 0 Å². The molecule has 0 aliphatic heterocycles. The van der Waals surface area contributed by atoms with Crippen molar-refractivity contribution in [2.45, 2.75) is 35.7 Å². The van der Waals surface area contributed by atoms with E-state index in [0.717, 1.165) is 36.3 Å². The Morgan fingerprint density at radius 3 is 2.61 bits per heavy atom. The molecule has 12 heteroatoms. The number of nitrogens with one attached hydrogen (secondary N) is 1. The van der Waals surface area contributed by atoms with Gasteiger partial charge in [0.2, 0.25) is 10.0 Å². The molecule has 0 spiro atoms. The van der Waals surface area contributed by atoms with Gasteiger partial charge in [-0.2, -0.15) is 18.3 Å². The molecular formula is C19H17F3N4O3S2. The first-order chi connectivity index (χ1) is 14.5. The average molecular weight is 470 g/mol. The fraction of sp³-hybridized carbons (Fsp3) is 0.263. The van der Waals surface area contributed by atoms with Gasteiger partial charge in [0.15, 0.2) is 0 Å². The van der Waals surface area contributed by atoms with E-state index < -0.39 is 27.7 Å². The molecule has 0 bridgehead atoms. The third-order valence-electron chi connectivity index (χ3n) is 4.77. The van der Waals surface area contributed by atoms with Gasteiger partial charge in [-0.15, -0.1) is 11.3 Å². The summed E-state index contributed by atoms with van der Waals surface area (Å²) in [7, 11) is -3.81. The van der Waals surface area contributed by atoms with Gasteiger partial charge in [-0.3, -0.25) is 4.79 Å². The number of nitrogens with two attached hydrogens (primary N) is 1. The Labute approximate surface area is 179 Å². The molecule has 1 aliphatic rings. The maximum absolute atomic E-state index is 13.1. The van der Waals surface area contributed by atoms with E-state index in [1.807, 2.05) is 0 Å². The number of halogens is 3. The number of aromatic nitrogens is 2. The standard InChI is InChI=1S/C19H17F3N4O3S2/c20-19(21,22)12-2-1-3-13(8-12)26-17(11-4-5-11)15(10-25-26)18(27)24-9-14-6-7-16(30-14)31(23,28)29/h1-3,6-8,10-11H,4-5,9H2,(H,24,27)(H2,23,28,29). The molecule has 0 saturated heterocycles. The molecule has 164 valence electrons. The van der Waals surface area contributed by atoms with E-state index in [0.29, 0.717) is 10.6 Å². The van der Waals surface area contributed by atoms with Gasteiger partial charge in [0.1, 0.15) is 4.21 Å². The van der Waals surface area contributed by atoms with Gasteiger partial charge in [-0.1, -0.05) is 6.07 Å². The molecule has 1 saturated carbocycles. The number of thiophene rings is 1. The second-order valence-corrected chi connectivity index (χ2v) is 10.1. The molecule has 3 aromatic rings. The van der Waals surface area contributed by atoms with Crippen LogP contribution in [0.25, 0.3) is 5.69 Å². The zero-order valence-electron chi connectivity index (χ0n) is 15.9. The molecule has 0 radical (unpaired) electrons. The fourth-order valence-corrected chi connectivity index (χ4v) is 4.89. The summed E-state index contributed by atoms with van der Waals surface area (Å²) < 4.78 is 63.4. The van der Waals surface area contributed by atoms with Crippen LogP contribution in [0.3, 0.4) is 0 Å². The molecule has 31 heavy (non-hydrogen) atoms. The summed E-state index contributed by atoms with van der Waals surface area (Å²) in [5, 5.41) is 12.0. The predicted octanol–water partition coefficient (Wildman–Crippen LogP) is 3.41. The second-order valence-electron chi connectivity index (χ2n) is 7.13. The number of benzene rings is 1. The lowest BCUT2D eigenvalue weighted by molar-refractivity contribution is -0.137. The lowest BCUT2D eigenvalue weighted by Gasteiger charge is -2.12. The summed E-state index contributed by atoms with van der Waals surface area (Å²) in [6, 6.07) is 7.71. The van der Waals surface area contributed by atoms with Crippen molar-refractivity contribution in [3.05, 3.63) is 64.3 Å². The molecule has 1 aromatic carbocycles. The number of hydrogen-bond acceptors (Lipinski definition) is 5. The number of primary sulfonamides is 1. The molecule has 3 N–H and O–H groups in total. The van der Waals surface area contributed by atoms with Crippen LogP contribution in [0.4, 0.5) is 13.2 Å². The summed E-state index contributed by atoms with van der Waals surface area (Å²) >= 11 is 0.951. The van der Waals surface area contributed by atoms with Crippen LogP contribution in [0, 0.1) is 0 Å². The number of carbonyl (C=O) groups excluding carboxylic acids is 1. The van der Waals surface area contributed by atoms with Crippen LogP contribution in [-0.2, 0) is 22.7 Å². The first kappa shape index (κ1) is 21.5. The smallest absolute Gasteiger partial charge is 0.347 e. The topological polar surface area (TPSA) is 107 Å². The largest absolute Gasteiger partial charge is 0.416 e. The van der Waals surface area contributed by atoms with Crippen molar-refractivity contribution >= 4 is 27.3 Å². The molecular weight excluding hydrogens is 453 g/mol. The first-order valence-electron chi connectivity index (χ1n) is 9.19. The van der Waals surface area contributed by atoms with Gasteiger partial charge in [0.05, 0.1) is 35.2 Å². The number of nitrogens with zero attached hydrogens (tertiary/aromatic N) is 2. The third kappa shape index (κ3) is 4.65. The highest BCUT2D eigenvalue weighted by molar-refractivity contribution is 7.91. The normalized spacial score (nSPS) is 14.6. The van der Waals surface area contributed by atoms with Gasteiger partial charge in [0, 0.05) is 10.8 Å². The Morgan fingerprint density at radius 1 is 1.26 bits per heavy atom. The number of amides is 1. The van der Waals surface area contributed by atoms with E-state index in [1.165, 1.54) is 29.1 Å². The van der Waals surface area contributed by atoms with Crippen molar-refractivity contribution in [2.75, 3.05) is 0 Å². The van der Waals surface area contributed by atoms with E-state index >= 15 is 0 Å². The molecule has 1 aliphatic carbocycles. The van der Waals surface area contributed by atoms with Crippen molar-refractivity contribution in [1.29, 1.82) is 0 Å². The van der Waals surface area contributed by atoms with E-state index in [-0.39, 0.29) is 27.9 Å². The molecule has 7 nitrogen and oxygen atoms in total. The van der Waals surface area contributed by atoms with E-state index in [9.17, 15) is 26.4 Å². The number of rotatable bonds is 6. The summed E-state index contributed by atoms with van der Waals surface area (Å²) in [5.41, 5.74) is 0.278. The van der Waals surface area contributed by atoms with Crippen LogP contribution in [0.1, 0.15) is 45.3 Å². The number of hydrogen-bond donors (Lipinski definition) is 2. The van der Waals surface area contributed by atoms with Gasteiger partial charge >= 0.3 is 6.18 Å². The molecule has 1 amide bonds. The minimum absolute atomic E-state index is 0.00668. The minimum Gasteiger partial charge on any atom is -0.347 e. The minimum atomic E-state index is -4.49. The highest BCUT2D eigenvalue weighted by atomic mass is 32.2. The SMILES string of the molecule is NS(=O)(=O)c1ccc(CNC(=O)c2cnn(-c3cccc(C(F)(F)F)c3)c2C2CC2)s1. The second kappa shape index (κ2) is 7.77. The maximum Gasteiger partial charge on any atom is 0.416 e. The van der Waals surface area contributed by atoms with Crippen molar-refractivity contribution < 1.29 is 26.4 Å². The van der Waals surface area contributed by atoms with Gasteiger partial charge in [0.25, 0.3) is 5.91 Å². The highest BCUT2D eigenvalue weighted by Gasteiger charge is 2.34. The molecule has 1 fully saturated rings. The van der Waals surface area contributed by atoms with Crippen molar-refractivity contribution in [3.8, 4) is 5.69 Å². The van der Waals surface area contributed by atoms with E-state index in [2.05, 4.69) is 10.4 Å². The summed E-state index contributed by atoms with van der Waals surface area (Å²) in [5.74, 6) is -0.404. The van der Waals surface area contributed by atoms with Crippen LogP contribution < -0.4 is 10.5 Å². The summed E-state index contributed by atoms with van der Waals surface area (Å²) in [6.45, 7) is 0.0812. The van der Waals surface area contributed by atoms with Gasteiger partial charge in [-0.05, 0) is 43.2 Å². The Morgan fingerprint density at radius 2 is 2.00 bits per heavy atom. The zero-order chi connectivity index (χ0) is 22.4. The van der Waals surface area contributed by atoms with E-state index in [1.54, 1.807) is 6.07 Å². The van der Waals surface area contributed by atoms with Crippen LogP contribution in [0.2, 0.25) is 0 Å². The van der Waals surface area contributed by atoms with Crippen LogP contribution in [0.15, 0.2) is 46.8 Å². The molecule has 0 atom stereocenters. The molecule has 4 rings (SSSR count). The maximum atomic E-state index is 13.1. The lowest BCUT2D eigenvalue weighted by atomic mass is 10.1. The number of carbonyl (C=O) groups is 1. The van der Waals surface area contributed by atoms with Crippen LogP contribution in [-0.4, -0.2) is 24.1 Å². The predicted molar refractivity (Wildman–Crippen MR) is 107 cm³/mol. The van der Waals surface area contributed by atoms with Crippen LogP contribution in [0.5, 0.6) is 0 Å². The molecule has 2 heterocycles. The lowest BCUT2D eigenvalue weighted by Crippen LogP contribution is -2.23. The Balaban J connectivity index is 1.58. The summed E-state index contributed by atoms with van der Waals surface area (Å²) in [4.78, 5) is 13.4. The molecule has 0 unspecified atom stereocenters. The Kier molecular flexibility index (Phi) is 5.40. The van der Waals surface area contributed by atoms with Crippen molar-refractivity contribution in [1.82, 2.24) is 15.1 Å². The van der Waals surface area contributed by atoms with Crippen LogP contribution >= 0.6 is 11.3 Å². The zero-order valence-corrected chi connectivity index (χ0v) is 17.5. The third-order valence-corrected chi connectivity index (χ3v) is 7.30. The fourth-order valence-electron chi connectivity index (χ4n) is 3.17.